The Labute approximate surface area is 66.2 Å². The summed E-state index contributed by atoms with van der Waals surface area (Å²) in [4.78, 5) is 0. The summed E-state index contributed by atoms with van der Waals surface area (Å²) in [5.74, 6) is -4.79. The van der Waals surface area contributed by atoms with E-state index in [1.807, 2.05) is 0 Å². The normalized spacial score (nSPS) is 16.2. The lowest BCUT2D eigenvalue weighted by molar-refractivity contribution is -0.290. The van der Waals surface area contributed by atoms with E-state index >= 15 is 0 Å². The van der Waals surface area contributed by atoms with Crippen LogP contribution in [-0.4, -0.2) is 23.3 Å². The number of aliphatic hydroxyl groups excluding tert-OH is 1. The van der Waals surface area contributed by atoms with Crippen molar-refractivity contribution >= 4 is 0 Å². The number of hydrogen-bond donors (Lipinski definition) is 1. The molecular formula is C6H9F5O. The van der Waals surface area contributed by atoms with E-state index in [1.54, 1.807) is 0 Å². The van der Waals surface area contributed by atoms with Crippen molar-refractivity contribution in [1.82, 2.24) is 0 Å². The lowest BCUT2D eigenvalue weighted by Crippen LogP contribution is -2.39. The Bertz CT molecular complexity index is 141. The predicted molar refractivity (Wildman–Crippen MR) is 31.9 cm³/mol. The van der Waals surface area contributed by atoms with Gasteiger partial charge in [-0.2, -0.15) is 22.0 Å². The van der Waals surface area contributed by atoms with Crippen molar-refractivity contribution in [2.24, 2.45) is 0 Å². The maximum absolute atomic E-state index is 12.1. The van der Waals surface area contributed by atoms with E-state index in [0.29, 0.717) is 0 Å². The quantitative estimate of drug-likeness (QED) is 0.680. The minimum atomic E-state index is -5.57. The second kappa shape index (κ2) is 3.55. The molecule has 0 amide bonds. The molecule has 0 aliphatic carbocycles. The zero-order valence-electron chi connectivity index (χ0n) is 6.33. The summed E-state index contributed by atoms with van der Waals surface area (Å²) < 4.78 is 58.6. The van der Waals surface area contributed by atoms with Crippen LogP contribution in [0.2, 0.25) is 0 Å². The van der Waals surface area contributed by atoms with Crippen molar-refractivity contribution < 1.29 is 27.1 Å². The first-order valence-electron chi connectivity index (χ1n) is 3.33. The van der Waals surface area contributed by atoms with Crippen LogP contribution in [0.25, 0.3) is 0 Å². The SMILES string of the molecule is CCC(O)CC(F)(F)C(F)(F)F. The zero-order chi connectivity index (χ0) is 9.99. The molecule has 0 aromatic rings. The highest BCUT2D eigenvalue weighted by Crippen LogP contribution is 2.39. The lowest BCUT2D eigenvalue weighted by atomic mass is 10.1. The van der Waals surface area contributed by atoms with E-state index in [-0.39, 0.29) is 6.42 Å². The Morgan fingerprint density at radius 1 is 1.17 bits per heavy atom. The maximum atomic E-state index is 12.1. The second-order valence-corrected chi connectivity index (χ2v) is 2.47. The van der Waals surface area contributed by atoms with E-state index in [1.165, 1.54) is 6.92 Å². The molecule has 0 aromatic heterocycles. The molecule has 1 nitrogen and oxygen atoms in total. The van der Waals surface area contributed by atoms with Gasteiger partial charge in [0.25, 0.3) is 0 Å². The van der Waals surface area contributed by atoms with Gasteiger partial charge in [-0.05, 0) is 6.42 Å². The fourth-order valence-corrected chi connectivity index (χ4v) is 0.556. The molecule has 74 valence electrons. The van der Waals surface area contributed by atoms with Crippen LogP contribution in [0.4, 0.5) is 22.0 Å². The Hall–Kier alpha value is -0.390. The highest BCUT2D eigenvalue weighted by molar-refractivity contribution is 4.78. The van der Waals surface area contributed by atoms with Gasteiger partial charge in [-0.25, -0.2) is 0 Å². The summed E-state index contributed by atoms with van der Waals surface area (Å²) in [6.07, 6.45) is -8.86. The molecular weight excluding hydrogens is 183 g/mol. The lowest BCUT2D eigenvalue weighted by Gasteiger charge is -2.21. The minimum absolute atomic E-state index is 0.119. The standard InChI is InChI=1S/C6H9F5O/c1-2-4(12)3-5(7,8)6(9,10)11/h4,12H,2-3H2,1H3. The number of hydrogen-bond acceptors (Lipinski definition) is 1. The average Bonchev–Trinajstić information content (AvgIpc) is 1.84. The monoisotopic (exact) mass is 192 g/mol. The van der Waals surface area contributed by atoms with Crippen LogP contribution in [0.15, 0.2) is 0 Å². The molecule has 0 fully saturated rings. The minimum Gasteiger partial charge on any atom is -0.393 e. The summed E-state index contributed by atoms with van der Waals surface area (Å²) in [7, 11) is 0. The van der Waals surface area contributed by atoms with E-state index in [9.17, 15) is 22.0 Å². The molecule has 0 spiro atoms. The van der Waals surface area contributed by atoms with Crippen molar-refractivity contribution in [2.45, 2.75) is 38.0 Å². The molecule has 0 bridgehead atoms. The highest BCUT2D eigenvalue weighted by Gasteiger charge is 2.57. The average molecular weight is 192 g/mol. The van der Waals surface area contributed by atoms with Gasteiger partial charge in [0.15, 0.2) is 0 Å². The van der Waals surface area contributed by atoms with Gasteiger partial charge in [0.1, 0.15) is 0 Å². The van der Waals surface area contributed by atoms with Crippen molar-refractivity contribution in [3.8, 4) is 0 Å². The van der Waals surface area contributed by atoms with Gasteiger partial charge < -0.3 is 5.11 Å². The molecule has 6 heteroatoms. The first-order chi connectivity index (χ1) is 5.20. The van der Waals surface area contributed by atoms with Gasteiger partial charge in [0, 0.05) is 6.42 Å². The van der Waals surface area contributed by atoms with Crippen molar-refractivity contribution in [3.63, 3.8) is 0 Å². The van der Waals surface area contributed by atoms with Crippen LogP contribution in [0, 0.1) is 0 Å². The third-order valence-electron chi connectivity index (χ3n) is 1.38. The molecule has 12 heavy (non-hydrogen) atoms. The van der Waals surface area contributed by atoms with Crippen molar-refractivity contribution in [3.05, 3.63) is 0 Å². The van der Waals surface area contributed by atoms with Crippen LogP contribution in [0.3, 0.4) is 0 Å². The molecule has 0 aliphatic heterocycles. The van der Waals surface area contributed by atoms with Gasteiger partial charge in [-0.3, -0.25) is 0 Å². The Morgan fingerprint density at radius 3 is 1.83 bits per heavy atom. The molecule has 0 aliphatic rings. The van der Waals surface area contributed by atoms with Gasteiger partial charge in [0.2, 0.25) is 0 Å². The van der Waals surface area contributed by atoms with Crippen molar-refractivity contribution in [2.75, 3.05) is 0 Å². The third kappa shape index (κ3) is 2.92. The maximum Gasteiger partial charge on any atom is 0.453 e. The van der Waals surface area contributed by atoms with Crippen LogP contribution < -0.4 is 0 Å². The molecule has 1 atom stereocenters. The zero-order valence-corrected chi connectivity index (χ0v) is 6.33. The molecule has 1 unspecified atom stereocenters. The molecule has 0 saturated heterocycles. The van der Waals surface area contributed by atoms with Gasteiger partial charge in [0.05, 0.1) is 6.10 Å². The fraction of sp³-hybridized carbons (Fsp3) is 1.00. The molecule has 1 N–H and O–H groups in total. The Morgan fingerprint density at radius 2 is 1.58 bits per heavy atom. The fourth-order valence-electron chi connectivity index (χ4n) is 0.556. The molecule has 0 radical (unpaired) electrons. The van der Waals surface area contributed by atoms with Crippen molar-refractivity contribution in [1.29, 1.82) is 0 Å². The van der Waals surface area contributed by atoms with Gasteiger partial charge in [-0.1, -0.05) is 6.92 Å². The van der Waals surface area contributed by atoms with E-state index in [0.717, 1.165) is 0 Å². The summed E-state index contributed by atoms with van der Waals surface area (Å²) in [5, 5.41) is 8.58. The summed E-state index contributed by atoms with van der Waals surface area (Å²) in [5.41, 5.74) is 0. The largest absolute Gasteiger partial charge is 0.453 e. The number of halogens is 5. The molecule has 0 aromatic carbocycles. The number of aliphatic hydroxyl groups is 1. The van der Waals surface area contributed by atoms with E-state index in [4.69, 9.17) is 5.11 Å². The van der Waals surface area contributed by atoms with Gasteiger partial charge >= 0.3 is 12.1 Å². The van der Waals surface area contributed by atoms with Crippen LogP contribution in [0.5, 0.6) is 0 Å². The summed E-state index contributed by atoms with van der Waals surface area (Å²) in [6, 6.07) is 0. The van der Waals surface area contributed by atoms with E-state index in [2.05, 4.69) is 0 Å². The summed E-state index contributed by atoms with van der Waals surface area (Å²) >= 11 is 0. The number of rotatable bonds is 3. The molecule has 0 heterocycles. The summed E-state index contributed by atoms with van der Waals surface area (Å²) in [6.45, 7) is 1.33. The van der Waals surface area contributed by atoms with Crippen LogP contribution in [0.1, 0.15) is 19.8 Å². The topological polar surface area (TPSA) is 20.2 Å². The second-order valence-electron chi connectivity index (χ2n) is 2.47. The van der Waals surface area contributed by atoms with Crippen LogP contribution in [-0.2, 0) is 0 Å². The Balaban J connectivity index is 4.22. The molecule has 0 rings (SSSR count). The Kier molecular flexibility index (Phi) is 3.44. The van der Waals surface area contributed by atoms with Gasteiger partial charge in [-0.15, -0.1) is 0 Å². The van der Waals surface area contributed by atoms with E-state index < -0.39 is 24.6 Å². The third-order valence-corrected chi connectivity index (χ3v) is 1.38. The highest BCUT2D eigenvalue weighted by atomic mass is 19.4. The predicted octanol–water partition coefficient (Wildman–Crippen LogP) is 2.34. The number of alkyl halides is 5. The van der Waals surface area contributed by atoms with Crippen LogP contribution >= 0.6 is 0 Å². The first kappa shape index (κ1) is 11.6. The first-order valence-corrected chi connectivity index (χ1v) is 3.33. The molecule has 0 saturated carbocycles. The smallest absolute Gasteiger partial charge is 0.393 e.